The second-order valence-corrected chi connectivity index (χ2v) is 6.40. The third kappa shape index (κ3) is 1.90. The Balaban J connectivity index is 1.99. The van der Waals surface area contributed by atoms with E-state index < -0.39 is 0 Å². The van der Waals surface area contributed by atoms with Crippen molar-refractivity contribution in [1.82, 2.24) is 15.1 Å². The lowest BCUT2D eigenvalue weighted by Crippen LogP contribution is -2.42. The number of aromatic nitrogens is 2. The molecule has 1 atom stereocenters. The lowest BCUT2D eigenvalue weighted by Gasteiger charge is -2.39. The fraction of sp³-hybridized carbons (Fsp3) is 0.786. The summed E-state index contributed by atoms with van der Waals surface area (Å²) in [5, 5.41) is 8.14. The van der Waals surface area contributed by atoms with Crippen LogP contribution in [0.2, 0.25) is 0 Å². The van der Waals surface area contributed by atoms with E-state index in [0.717, 1.165) is 13.1 Å². The predicted octanol–water partition coefficient (Wildman–Crippen LogP) is 2.63. The number of hydrogen-bond donors (Lipinski definition) is 1. The summed E-state index contributed by atoms with van der Waals surface area (Å²) >= 11 is 0. The Kier molecular flexibility index (Phi) is 2.54. The van der Waals surface area contributed by atoms with E-state index in [-0.39, 0.29) is 0 Å². The molecule has 1 aliphatic heterocycles. The van der Waals surface area contributed by atoms with Gasteiger partial charge in [-0.1, -0.05) is 13.8 Å². The summed E-state index contributed by atoms with van der Waals surface area (Å²) in [6.07, 6.45) is 5.94. The highest BCUT2D eigenvalue weighted by Crippen LogP contribution is 2.44. The van der Waals surface area contributed by atoms with Gasteiger partial charge in [-0.25, -0.2) is 0 Å². The van der Waals surface area contributed by atoms with Crippen molar-refractivity contribution < 1.29 is 0 Å². The van der Waals surface area contributed by atoms with Gasteiger partial charge in [0.25, 0.3) is 0 Å². The molecule has 2 fully saturated rings. The average molecular weight is 233 g/mol. The van der Waals surface area contributed by atoms with Crippen LogP contribution >= 0.6 is 0 Å². The molecule has 1 aromatic heterocycles. The zero-order chi connectivity index (χ0) is 12.0. The monoisotopic (exact) mass is 233 g/mol. The fourth-order valence-electron chi connectivity index (χ4n) is 3.18. The van der Waals surface area contributed by atoms with Gasteiger partial charge in [0, 0.05) is 18.2 Å². The maximum absolute atomic E-state index is 4.61. The molecular formula is C14H23N3. The Morgan fingerprint density at radius 2 is 2.12 bits per heavy atom. The van der Waals surface area contributed by atoms with Crippen LogP contribution in [0.5, 0.6) is 0 Å². The van der Waals surface area contributed by atoms with Crippen molar-refractivity contribution in [2.75, 3.05) is 13.1 Å². The van der Waals surface area contributed by atoms with Crippen molar-refractivity contribution in [2.45, 2.75) is 52.0 Å². The van der Waals surface area contributed by atoms with Crippen molar-refractivity contribution in [1.29, 1.82) is 0 Å². The first-order valence-corrected chi connectivity index (χ1v) is 6.84. The Morgan fingerprint density at radius 3 is 2.76 bits per heavy atom. The van der Waals surface area contributed by atoms with Gasteiger partial charge in [0.05, 0.1) is 12.2 Å². The van der Waals surface area contributed by atoms with Crippen molar-refractivity contribution in [3.05, 3.63) is 17.5 Å². The molecule has 2 aliphatic rings. The molecular weight excluding hydrogens is 210 g/mol. The van der Waals surface area contributed by atoms with Gasteiger partial charge in [-0.05, 0) is 43.7 Å². The van der Waals surface area contributed by atoms with Crippen LogP contribution in [-0.2, 0) is 0 Å². The minimum atomic E-state index is 0.343. The zero-order valence-corrected chi connectivity index (χ0v) is 11.2. The van der Waals surface area contributed by atoms with Gasteiger partial charge in [0.1, 0.15) is 0 Å². The molecule has 2 heterocycles. The highest BCUT2D eigenvalue weighted by Gasteiger charge is 2.38. The van der Waals surface area contributed by atoms with Crippen LogP contribution in [0.1, 0.15) is 56.3 Å². The Labute approximate surface area is 104 Å². The van der Waals surface area contributed by atoms with Crippen LogP contribution in [0.25, 0.3) is 0 Å². The highest BCUT2D eigenvalue weighted by molar-refractivity contribution is 5.24. The maximum atomic E-state index is 4.61. The van der Waals surface area contributed by atoms with Crippen LogP contribution < -0.4 is 5.32 Å². The zero-order valence-electron chi connectivity index (χ0n) is 11.2. The summed E-state index contributed by atoms with van der Waals surface area (Å²) in [5.41, 5.74) is 3.24. The Bertz CT molecular complexity index is 415. The number of hydrogen-bond acceptors (Lipinski definition) is 2. The van der Waals surface area contributed by atoms with Crippen LogP contribution in [0.4, 0.5) is 0 Å². The van der Waals surface area contributed by atoms with Gasteiger partial charge in [-0.3, -0.25) is 4.68 Å². The minimum Gasteiger partial charge on any atom is -0.316 e. The number of nitrogens with one attached hydrogen (secondary N) is 1. The van der Waals surface area contributed by atoms with Gasteiger partial charge < -0.3 is 5.32 Å². The SMILES string of the molecule is Cc1cnn(C2CC2)c1C1CCNCC1(C)C. The van der Waals surface area contributed by atoms with Gasteiger partial charge in [-0.2, -0.15) is 5.10 Å². The van der Waals surface area contributed by atoms with Crippen LogP contribution in [-0.4, -0.2) is 22.9 Å². The summed E-state index contributed by atoms with van der Waals surface area (Å²) in [6.45, 7) is 9.25. The molecule has 3 nitrogen and oxygen atoms in total. The van der Waals surface area contributed by atoms with E-state index in [0.29, 0.717) is 17.4 Å². The van der Waals surface area contributed by atoms with E-state index in [1.165, 1.54) is 30.5 Å². The summed E-state index contributed by atoms with van der Waals surface area (Å²) in [6, 6.07) is 0.699. The van der Waals surface area contributed by atoms with Crippen LogP contribution in [0.3, 0.4) is 0 Å². The molecule has 1 aromatic rings. The second-order valence-electron chi connectivity index (χ2n) is 6.40. The van der Waals surface area contributed by atoms with E-state index in [4.69, 9.17) is 0 Å². The molecule has 1 saturated carbocycles. The molecule has 0 spiro atoms. The molecule has 1 N–H and O–H groups in total. The molecule has 1 saturated heterocycles. The molecule has 0 radical (unpaired) electrons. The first-order chi connectivity index (χ1) is 8.09. The molecule has 94 valence electrons. The fourth-order valence-corrected chi connectivity index (χ4v) is 3.18. The molecule has 0 bridgehead atoms. The quantitative estimate of drug-likeness (QED) is 0.851. The van der Waals surface area contributed by atoms with Crippen molar-refractivity contribution in [2.24, 2.45) is 5.41 Å². The third-order valence-corrected chi connectivity index (χ3v) is 4.38. The van der Waals surface area contributed by atoms with Crippen LogP contribution in [0, 0.1) is 12.3 Å². The lowest BCUT2D eigenvalue weighted by atomic mass is 9.72. The molecule has 0 aromatic carbocycles. The molecule has 3 rings (SSSR count). The molecule has 1 unspecified atom stereocenters. The number of nitrogens with zero attached hydrogens (tertiary/aromatic N) is 2. The lowest BCUT2D eigenvalue weighted by molar-refractivity contribution is 0.209. The number of piperidine rings is 1. The summed E-state index contributed by atoms with van der Waals surface area (Å²) in [7, 11) is 0. The van der Waals surface area contributed by atoms with Gasteiger partial charge >= 0.3 is 0 Å². The Morgan fingerprint density at radius 1 is 1.35 bits per heavy atom. The number of rotatable bonds is 2. The van der Waals surface area contributed by atoms with E-state index >= 15 is 0 Å². The maximum Gasteiger partial charge on any atom is 0.0524 e. The minimum absolute atomic E-state index is 0.343. The van der Waals surface area contributed by atoms with Crippen LogP contribution in [0.15, 0.2) is 6.20 Å². The molecule has 3 heteroatoms. The highest BCUT2D eigenvalue weighted by atomic mass is 15.3. The van der Waals surface area contributed by atoms with Gasteiger partial charge in [0.2, 0.25) is 0 Å². The average Bonchev–Trinajstić information content (AvgIpc) is 3.04. The van der Waals surface area contributed by atoms with Gasteiger partial charge in [-0.15, -0.1) is 0 Å². The summed E-state index contributed by atoms with van der Waals surface area (Å²) < 4.78 is 2.33. The largest absolute Gasteiger partial charge is 0.316 e. The van der Waals surface area contributed by atoms with Crippen molar-refractivity contribution in [3.8, 4) is 0 Å². The molecule has 1 aliphatic carbocycles. The van der Waals surface area contributed by atoms with E-state index in [2.05, 4.69) is 42.1 Å². The first kappa shape index (κ1) is 11.3. The van der Waals surface area contributed by atoms with E-state index in [1.807, 2.05) is 0 Å². The molecule has 0 amide bonds. The van der Waals surface area contributed by atoms with Crippen molar-refractivity contribution >= 4 is 0 Å². The normalized spacial score (nSPS) is 28.3. The van der Waals surface area contributed by atoms with Crippen molar-refractivity contribution in [3.63, 3.8) is 0 Å². The first-order valence-electron chi connectivity index (χ1n) is 6.84. The summed E-state index contributed by atoms with van der Waals surface area (Å²) in [4.78, 5) is 0. The van der Waals surface area contributed by atoms with E-state index in [1.54, 1.807) is 0 Å². The second kappa shape index (κ2) is 3.84. The smallest absolute Gasteiger partial charge is 0.0524 e. The predicted molar refractivity (Wildman–Crippen MR) is 69.2 cm³/mol. The van der Waals surface area contributed by atoms with Gasteiger partial charge in [0.15, 0.2) is 0 Å². The Hall–Kier alpha value is -0.830. The summed E-state index contributed by atoms with van der Waals surface area (Å²) in [5.74, 6) is 0.659. The standard InChI is InChI=1S/C14H23N3/c1-10-8-16-17(11-4-5-11)13(10)12-6-7-15-9-14(12,2)3/h8,11-12,15H,4-7,9H2,1-3H3. The third-order valence-electron chi connectivity index (χ3n) is 4.38. The van der Waals surface area contributed by atoms with E-state index in [9.17, 15) is 0 Å². The topological polar surface area (TPSA) is 29.9 Å². The number of aryl methyl sites for hydroxylation is 1. The molecule has 17 heavy (non-hydrogen) atoms.